The van der Waals surface area contributed by atoms with Gasteiger partial charge in [-0.15, -0.1) is 0 Å². The molecule has 16 heavy (non-hydrogen) atoms. The van der Waals surface area contributed by atoms with Gasteiger partial charge in [0.05, 0.1) is 6.61 Å². The van der Waals surface area contributed by atoms with Gasteiger partial charge in [-0.1, -0.05) is 0 Å². The molecular formula is C13H19NO2. The van der Waals surface area contributed by atoms with Gasteiger partial charge in [-0.05, 0) is 45.0 Å². The molecule has 0 radical (unpaired) electrons. The number of carbonyl (C=O) groups is 1. The van der Waals surface area contributed by atoms with Crippen LogP contribution in [-0.4, -0.2) is 30.5 Å². The molecule has 0 aliphatic carbocycles. The highest BCUT2D eigenvalue weighted by Crippen LogP contribution is 2.13. The van der Waals surface area contributed by atoms with E-state index in [9.17, 15) is 4.79 Å². The molecule has 1 aromatic rings. The highest BCUT2D eigenvalue weighted by molar-refractivity contribution is 5.94. The molecule has 1 rings (SSSR count). The third kappa shape index (κ3) is 2.99. The highest BCUT2D eigenvalue weighted by atomic mass is 16.5. The number of amides is 1. The van der Waals surface area contributed by atoms with Crippen molar-refractivity contribution < 1.29 is 9.53 Å². The number of hydrogen-bond donors (Lipinski definition) is 0. The first-order chi connectivity index (χ1) is 7.72. The van der Waals surface area contributed by atoms with Gasteiger partial charge in [0.1, 0.15) is 5.75 Å². The number of ether oxygens (including phenoxy) is 1. The summed E-state index contributed by atoms with van der Waals surface area (Å²) in [7, 11) is 0. The van der Waals surface area contributed by atoms with Gasteiger partial charge >= 0.3 is 0 Å². The maximum Gasteiger partial charge on any atom is 0.253 e. The van der Waals surface area contributed by atoms with Crippen LogP contribution in [0.2, 0.25) is 0 Å². The van der Waals surface area contributed by atoms with Crippen LogP contribution in [0.1, 0.15) is 31.1 Å². The van der Waals surface area contributed by atoms with Crippen LogP contribution in [0, 0.1) is 0 Å². The number of rotatable bonds is 5. The second-order valence-electron chi connectivity index (χ2n) is 3.43. The summed E-state index contributed by atoms with van der Waals surface area (Å²) in [5.74, 6) is 0.881. The second kappa shape index (κ2) is 6.16. The van der Waals surface area contributed by atoms with Crippen LogP contribution in [-0.2, 0) is 0 Å². The van der Waals surface area contributed by atoms with Crippen LogP contribution in [0.4, 0.5) is 0 Å². The Morgan fingerprint density at radius 3 is 2.12 bits per heavy atom. The minimum atomic E-state index is 0.0769. The lowest BCUT2D eigenvalue weighted by molar-refractivity contribution is 0.0773. The van der Waals surface area contributed by atoms with E-state index in [0.29, 0.717) is 12.2 Å². The van der Waals surface area contributed by atoms with Crippen LogP contribution < -0.4 is 4.74 Å². The van der Waals surface area contributed by atoms with Crippen molar-refractivity contribution in [2.45, 2.75) is 20.8 Å². The Kier molecular flexibility index (Phi) is 4.83. The Labute approximate surface area is 97.0 Å². The lowest BCUT2D eigenvalue weighted by Crippen LogP contribution is -2.30. The molecular weight excluding hydrogens is 202 g/mol. The van der Waals surface area contributed by atoms with E-state index >= 15 is 0 Å². The van der Waals surface area contributed by atoms with Crippen molar-refractivity contribution >= 4 is 5.91 Å². The molecule has 0 saturated carbocycles. The molecule has 0 N–H and O–H groups in total. The summed E-state index contributed by atoms with van der Waals surface area (Å²) < 4.78 is 5.33. The fourth-order valence-corrected chi connectivity index (χ4v) is 1.55. The van der Waals surface area contributed by atoms with E-state index in [1.807, 2.05) is 45.0 Å². The van der Waals surface area contributed by atoms with E-state index in [2.05, 4.69) is 0 Å². The van der Waals surface area contributed by atoms with Crippen LogP contribution in [0.5, 0.6) is 5.75 Å². The van der Waals surface area contributed by atoms with Crippen molar-refractivity contribution in [3.8, 4) is 5.75 Å². The number of nitrogens with zero attached hydrogens (tertiary/aromatic N) is 1. The molecule has 0 heterocycles. The van der Waals surface area contributed by atoms with Gasteiger partial charge in [0.2, 0.25) is 0 Å². The molecule has 0 atom stereocenters. The minimum Gasteiger partial charge on any atom is -0.494 e. The van der Waals surface area contributed by atoms with Gasteiger partial charge < -0.3 is 9.64 Å². The molecule has 0 bridgehead atoms. The molecule has 0 fully saturated rings. The normalized spacial score (nSPS) is 9.94. The quantitative estimate of drug-likeness (QED) is 0.764. The van der Waals surface area contributed by atoms with Gasteiger partial charge in [0, 0.05) is 18.7 Å². The largest absolute Gasteiger partial charge is 0.494 e. The van der Waals surface area contributed by atoms with Crippen molar-refractivity contribution in [1.82, 2.24) is 4.90 Å². The van der Waals surface area contributed by atoms with Gasteiger partial charge in [-0.2, -0.15) is 0 Å². The van der Waals surface area contributed by atoms with Gasteiger partial charge in [0.15, 0.2) is 0 Å². The first-order valence-corrected chi connectivity index (χ1v) is 5.75. The van der Waals surface area contributed by atoms with Crippen molar-refractivity contribution in [1.29, 1.82) is 0 Å². The smallest absolute Gasteiger partial charge is 0.253 e. The standard InChI is InChI=1S/C13H19NO2/c1-4-14(5-2)13(15)11-7-9-12(10-8-11)16-6-3/h7-10H,4-6H2,1-3H3. The average Bonchev–Trinajstić information content (AvgIpc) is 2.32. The molecule has 3 nitrogen and oxygen atoms in total. The second-order valence-corrected chi connectivity index (χ2v) is 3.43. The molecule has 1 amide bonds. The minimum absolute atomic E-state index is 0.0769. The molecule has 0 aliphatic heterocycles. The van der Waals surface area contributed by atoms with Crippen LogP contribution in [0.15, 0.2) is 24.3 Å². The average molecular weight is 221 g/mol. The summed E-state index contributed by atoms with van der Waals surface area (Å²) in [6.07, 6.45) is 0. The first-order valence-electron chi connectivity index (χ1n) is 5.75. The zero-order valence-corrected chi connectivity index (χ0v) is 10.2. The predicted octanol–water partition coefficient (Wildman–Crippen LogP) is 2.57. The molecule has 3 heteroatoms. The monoisotopic (exact) mass is 221 g/mol. The SMILES string of the molecule is CCOc1ccc(C(=O)N(CC)CC)cc1. The third-order valence-electron chi connectivity index (χ3n) is 2.46. The van der Waals surface area contributed by atoms with Gasteiger partial charge in [-0.3, -0.25) is 4.79 Å². The summed E-state index contributed by atoms with van der Waals surface area (Å²) in [4.78, 5) is 13.8. The van der Waals surface area contributed by atoms with E-state index in [1.165, 1.54) is 0 Å². The molecule has 0 unspecified atom stereocenters. The van der Waals surface area contributed by atoms with E-state index in [0.717, 1.165) is 18.8 Å². The number of carbonyl (C=O) groups excluding carboxylic acids is 1. The van der Waals surface area contributed by atoms with Crippen LogP contribution >= 0.6 is 0 Å². The third-order valence-corrected chi connectivity index (χ3v) is 2.46. The summed E-state index contributed by atoms with van der Waals surface area (Å²) in [5.41, 5.74) is 0.715. The number of hydrogen-bond acceptors (Lipinski definition) is 2. The summed E-state index contributed by atoms with van der Waals surface area (Å²) in [6.45, 7) is 8.02. The van der Waals surface area contributed by atoms with Crippen molar-refractivity contribution in [2.24, 2.45) is 0 Å². The van der Waals surface area contributed by atoms with E-state index in [1.54, 1.807) is 4.90 Å². The van der Waals surface area contributed by atoms with Crippen molar-refractivity contribution in [3.63, 3.8) is 0 Å². The topological polar surface area (TPSA) is 29.5 Å². The number of benzene rings is 1. The Bertz CT molecular complexity index is 328. The van der Waals surface area contributed by atoms with Crippen molar-refractivity contribution in [3.05, 3.63) is 29.8 Å². The molecule has 0 saturated heterocycles. The lowest BCUT2D eigenvalue weighted by atomic mass is 10.2. The molecule has 1 aromatic carbocycles. The van der Waals surface area contributed by atoms with Crippen LogP contribution in [0.3, 0.4) is 0 Å². The molecule has 0 aromatic heterocycles. The molecule has 88 valence electrons. The molecule has 0 aliphatic rings. The van der Waals surface area contributed by atoms with Crippen molar-refractivity contribution in [2.75, 3.05) is 19.7 Å². The van der Waals surface area contributed by atoms with E-state index in [4.69, 9.17) is 4.74 Å². The van der Waals surface area contributed by atoms with Gasteiger partial charge in [0.25, 0.3) is 5.91 Å². The van der Waals surface area contributed by atoms with E-state index < -0.39 is 0 Å². The predicted molar refractivity (Wildman–Crippen MR) is 64.9 cm³/mol. The summed E-state index contributed by atoms with van der Waals surface area (Å²) >= 11 is 0. The Morgan fingerprint density at radius 2 is 1.69 bits per heavy atom. The fourth-order valence-electron chi connectivity index (χ4n) is 1.55. The van der Waals surface area contributed by atoms with Gasteiger partial charge in [-0.25, -0.2) is 0 Å². The zero-order valence-electron chi connectivity index (χ0n) is 10.2. The van der Waals surface area contributed by atoms with Crippen LogP contribution in [0.25, 0.3) is 0 Å². The Morgan fingerprint density at radius 1 is 1.12 bits per heavy atom. The fraction of sp³-hybridized carbons (Fsp3) is 0.462. The maximum atomic E-state index is 12.0. The summed E-state index contributed by atoms with van der Waals surface area (Å²) in [6, 6.07) is 7.29. The lowest BCUT2D eigenvalue weighted by Gasteiger charge is -2.18. The Hall–Kier alpha value is -1.51. The molecule has 0 spiro atoms. The maximum absolute atomic E-state index is 12.0. The highest BCUT2D eigenvalue weighted by Gasteiger charge is 2.11. The summed E-state index contributed by atoms with van der Waals surface area (Å²) in [5, 5.41) is 0. The first kappa shape index (κ1) is 12.6. The van der Waals surface area contributed by atoms with E-state index in [-0.39, 0.29) is 5.91 Å². The Balaban J connectivity index is 2.76. The zero-order chi connectivity index (χ0) is 12.0.